The largest absolute Gasteiger partial charge is 0.470 e. The first kappa shape index (κ1) is 19.1. The zero-order valence-corrected chi connectivity index (χ0v) is 14.8. The lowest BCUT2D eigenvalue weighted by Gasteiger charge is -2.28. The van der Waals surface area contributed by atoms with Crippen LogP contribution >= 0.6 is 11.8 Å². The summed E-state index contributed by atoms with van der Waals surface area (Å²) in [6.45, 7) is 0.783. The molecule has 2 rings (SSSR count). The molecule has 0 saturated heterocycles. The van der Waals surface area contributed by atoms with Crippen molar-refractivity contribution in [3.05, 3.63) is 36.0 Å². The van der Waals surface area contributed by atoms with Crippen LogP contribution in [-0.2, 0) is 4.79 Å². The van der Waals surface area contributed by atoms with Gasteiger partial charge in [0.25, 0.3) is 5.91 Å². The quantitative estimate of drug-likeness (QED) is 0.507. The Labute approximate surface area is 150 Å². The molecule has 1 amide bonds. The summed E-state index contributed by atoms with van der Waals surface area (Å²) in [4.78, 5) is 16.6. The van der Waals surface area contributed by atoms with Gasteiger partial charge in [0.1, 0.15) is 5.75 Å². The van der Waals surface area contributed by atoms with Crippen LogP contribution in [0.4, 0.5) is 0 Å². The first-order valence-electron chi connectivity index (χ1n) is 7.54. The number of thioether (sulfide) groups is 1. The maximum Gasteiger partial charge on any atom is 0.272 e. The van der Waals surface area contributed by atoms with Crippen molar-refractivity contribution in [3.63, 3.8) is 0 Å². The van der Waals surface area contributed by atoms with E-state index in [0.29, 0.717) is 11.3 Å². The van der Waals surface area contributed by atoms with Gasteiger partial charge >= 0.3 is 0 Å². The van der Waals surface area contributed by atoms with E-state index in [1.54, 1.807) is 37.6 Å². The molecule has 132 valence electrons. The SMILES string of the molecule is C#Cc1cnc2ccc(OC(SC)C(=O)NC(C)(CO)CO)cc2c1. The van der Waals surface area contributed by atoms with Crippen molar-refractivity contribution < 1.29 is 19.7 Å². The number of aliphatic hydroxyl groups excluding tert-OH is 2. The van der Waals surface area contributed by atoms with Crippen LogP contribution < -0.4 is 10.1 Å². The predicted octanol–water partition coefficient (Wildman–Crippen LogP) is 1.14. The van der Waals surface area contributed by atoms with E-state index >= 15 is 0 Å². The van der Waals surface area contributed by atoms with Crippen molar-refractivity contribution in [3.8, 4) is 18.1 Å². The molecule has 0 spiro atoms. The fourth-order valence-corrected chi connectivity index (χ4v) is 2.56. The van der Waals surface area contributed by atoms with Gasteiger partial charge in [0, 0.05) is 17.1 Å². The number of hydrogen-bond acceptors (Lipinski definition) is 6. The number of carbonyl (C=O) groups is 1. The number of aliphatic hydroxyl groups is 2. The number of ether oxygens (including phenoxy) is 1. The van der Waals surface area contributed by atoms with Crippen LogP contribution in [-0.4, -0.2) is 51.5 Å². The van der Waals surface area contributed by atoms with Crippen molar-refractivity contribution in [2.24, 2.45) is 0 Å². The van der Waals surface area contributed by atoms with E-state index in [2.05, 4.69) is 16.2 Å². The molecule has 3 N–H and O–H groups in total. The highest BCUT2D eigenvalue weighted by molar-refractivity contribution is 7.99. The fraction of sp³-hybridized carbons (Fsp3) is 0.333. The zero-order chi connectivity index (χ0) is 18.4. The summed E-state index contributed by atoms with van der Waals surface area (Å²) in [5.74, 6) is 2.59. The minimum absolute atomic E-state index is 0.382. The predicted molar refractivity (Wildman–Crippen MR) is 98.3 cm³/mol. The summed E-state index contributed by atoms with van der Waals surface area (Å²) in [6, 6.07) is 7.08. The van der Waals surface area contributed by atoms with Crippen LogP contribution in [0.3, 0.4) is 0 Å². The van der Waals surface area contributed by atoms with Crippen molar-refractivity contribution in [1.29, 1.82) is 0 Å². The van der Waals surface area contributed by atoms with Crippen LogP contribution in [0.1, 0.15) is 12.5 Å². The Balaban J connectivity index is 2.19. The number of terminal acetylenes is 1. The average Bonchev–Trinajstić information content (AvgIpc) is 2.65. The fourth-order valence-electron chi connectivity index (χ4n) is 2.08. The Morgan fingerprint density at radius 2 is 2.16 bits per heavy atom. The van der Waals surface area contributed by atoms with E-state index in [-0.39, 0.29) is 13.2 Å². The van der Waals surface area contributed by atoms with Gasteiger partial charge in [-0.2, -0.15) is 0 Å². The van der Waals surface area contributed by atoms with Gasteiger partial charge < -0.3 is 20.3 Å². The van der Waals surface area contributed by atoms with Gasteiger partial charge in [0.05, 0.1) is 24.3 Å². The highest BCUT2D eigenvalue weighted by Crippen LogP contribution is 2.23. The van der Waals surface area contributed by atoms with Crippen LogP contribution in [0.5, 0.6) is 5.75 Å². The summed E-state index contributed by atoms with van der Waals surface area (Å²) in [6.07, 6.45) is 8.74. The third-order valence-corrected chi connectivity index (χ3v) is 4.35. The second-order valence-corrected chi connectivity index (χ2v) is 6.67. The molecule has 1 heterocycles. The third-order valence-electron chi connectivity index (χ3n) is 3.61. The molecule has 1 aromatic heterocycles. The number of rotatable bonds is 7. The number of benzene rings is 1. The molecule has 25 heavy (non-hydrogen) atoms. The minimum Gasteiger partial charge on any atom is -0.470 e. The Kier molecular flexibility index (Phi) is 6.26. The van der Waals surface area contributed by atoms with Gasteiger partial charge in [-0.25, -0.2) is 0 Å². The van der Waals surface area contributed by atoms with E-state index in [1.165, 1.54) is 11.8 Å². The van der Waals surface area contributed by atoms with Gasteiger partial charge in [-0.3, -0.25) is 9.78 Å². The van der Waals surface area contributed by atoms with Crippen molar-refractivity contribution in [2.75, 3.05) is 19.5 Å². The Morgan fingerprint density at radius 1 is 1.44 bits per heavy atom. The number of amides is 1. The molecule has 1 atom stereocenters. The molecule has 1 unspecified atom stereocenters. The van der Waals surface area contributed by atoms with E-state index in [9.17, 15) is 15.0 Å². The Hall–Kier alpha value is -2.27. The molecule has 0 fully saturated rings. The number of hydrogen-bond donors (Lipinski definition) is 3. The maximum absolute atomic E-state index is 12.4. The summed E-state index contributed by atoms with van der Waals surface area (Å²) in [5, 5.41) is 22.0. The lowest BCUT2D eigenvalue weighted by molar-refractivity contribution is -0.127. The van der Waals surface area contributed by atoms with E-state index in [0.717, 1.165) is 10.9 Å². The van der Waals surface area contributed by atoms with Crippen molar-refractivity contribution in [2.45, 2.75) is 17.9 Å². The molecule has 6 nitrogen and oxygen atoms in total. The monoisotopic (exact) mass is 360 g/mol. The van der Waals surface area contributed by atoms with Gasteiger partial charge in [-0.05, 0) is 37.4 Å². The van der Waals surface area contributed by atoms with Gasteiger partial charge in [-0.15, -0.1) is 18.2 Å². The van der Waals surface area contributed by atoms with E-state index in [4.69, 9.17) is 11.2 Å². The molecule has 7 heteroatoms. The van der Waals surface area contributed by atoms with E-state index in [1.807, 2.05) is 6.07 Å². The van der Waals surface area contributed by atoms with E-state index < -0.39 is 16.9 Å². The summed E-state index contributed by atoms with van der Waals surface area (Å²) >= 11 is 1.20. The standard InChI is InChI=1S/C18H20N2O4S/c1-4-12-7-13-8-14(5-6-15(13)19-9-12)24-17(25-3)16(23)20-18(2,10-21)11-22/h1,5-9,17,21-22H,10-11H2,2-3H3,(H,20,23). The second-order valence-electron chi connectivity index (χ2n) is 5.77. The summed E-state index contributed by atoms with van der Waals surface area (Å²) in [7, 11) is 0. The molecule has 0 bridgehead atoms. The minimum atomic E-state index is -1.11. The topological polar surface area (TPSA) is 91.7 Å². The van der Waals surface area contributed by atoms with Crippen LogP contribution in [0.25, 0.3) is 10.9 Å². The molecule has 0 aliphatic heterocycles. The smallest absolute Gasteiger partial charge is 0.272 e. The number of pyridine rings is 1. The van der Waals surface area contributed by atoms with Gasteiger partial charge in [0.2, 0.25) is 5.44 Å². The normalized spacial score (nSPS) is 12.4. The van der Waals surface area contributed by atoms with Gasteiger partial charge in [0.15, 0.2) is 0 Å². The lowest BCUT2D eigenvalue weighted by Crippen LogP contribution is -2.54. The number of carbonyl (C=O) groups excluding carboxylic acids is 1. The first-order valence-corrected chi connectivity index (χ1v) is 8.83. The summed E-state index contributed by atoms with van der Waals surface area (Å²) in [5.41, 5.74) is -0.516. The highest BCUT2D eigenvalue weighted by Gasteiger charge is 2.29. The molecule has 0 saturated carbocycles. The molecule has 0 radical (unpaired) electrons. The van der Waals surface area contributed by atoms with Crippen LogP contribution in [0.2, 0.25) is 0 Å². The number of aromatic nitrogens is 1. The molecule has 1 aromatic carbocycles. The summed E-state index contributed by atoms with van der Waals surface area (Å²) < 4.78 is 5.75. The van der Waals surface area contributed by atoms with Crippen molar-refractivity contribution in [1.82, 2.24) is 10.3 Å². The van der Waals surface area contributed by atoms with Crippen LogP contribution in [0, 0.1) is 12.3 Å². The maximum atomic E-state index is 12.4. The molecule has 2 aromatic rings. The number of nitrogens with one attached hydrogen (secondary N) is 1. The number of nitrogens with zero attached hydrogens (tertiary/aromatic N) is 1. The second kappa shape index (κ2) is 8.21. The Bertz CT molecular complexity index is 799. The molecule has 0 aliphatic carbocycles. The van der Waals surface area contributed by atoms with Crippen molar-refractivity contribution >= 4 is 28.6 Å². The molecular formula is C18H20N2O4S. The van der Waals surface area contributed by atoms with Gasteiger partial charge in [-0.1, -0.05) is 5.92 Å². The average molecular weight is 360 g/mol. The Morgan fingerprint density at radius 3 is 2.76 bits per heavy atom. The third kappa shape index (κ3) is 4.63. The first-order chi connectivity index (χ1) is 11.9. The molecule has 0 aliphatic rings. The zero-order valence-electron chi connectivity index (χ0n) is 14.0. The number of fused-ring (bicyclic) bond motifs is 1. The van der Waals surface area contributed by atoms with Crippen LogP contribution in [0.15, 0.2) is 30.5 Å². The lowest BCUT2D eigenvalue weighted by atomic mass is 10.1. The highest BCUT2D eigenvalue weighted by atomic mass is 32.2. The molecular weight excluding hydrogens is 340 g/mol.